The van der Waals surface area contributed by atoms with Crippen molar-refractivity contribution in [2.75, 3.05) is 6.54 Å². The van der Waals surface area contributed by atoms with E-state index in [1.807, 2.05) is 26.0 Å². The molecule has 0 radical (unpaired) electrons. The van der Waals surface area contributed by atoms with Crippen LogP contribution in [0.1, 0.15) is 30.0 Å². The SMILES string of the molecule is Cc1cccc(C(C)(O)CCN)c1C. The first-order valence-corrected chi connectivity index (χ1v) is 4.98. The van der Waals surface area contributed by atoms with Crippen LogP contribution in [-0.4, -0.2) is 11.7 Å². The van der Waals surface area contributed by atoms with Gasteiger partial charge in [0, 0.05) is 0 Å². The van der Waals surface area contributed by atoms with Crippen molar-refractivity contribution in [3.63, 3.8) is 0 Å². The highest BCUT2D eigenvalue weighted by Gasteiger charge is 2.23. The largest absolute Gasteiger partial charge is 0.385 e. The Morgan fingerprint density at radius 3 is 2.57 bits per heavy atom. The Balaban J connectivity index is 3.12. The van der Waals surface area contributed by atoms with Crippen LogP contribution in [0, 0.1) is 13.8 Å². The Morgan fingerprint density at radius 1 is 1.36 bits per heavy atom. The molecule has 78 valence electrons. The van der Waals surface area contributed by atoms with Gasteiger partial charge in [-0.25, -0.2) is 0 Å². The minimum atomic E-state index is -0.801. The molecule has 0 heterocycles. The minimum Gasteiger partial charge on any atom is -0.385 e. The second-order valence-corrected chi connectivity index (χ2v) is 4.06. The molecule has 0 saturated heterocycles. The zero-order chi connectivity index (χ0) is 10.8. The second kappa shape index (κ2) is 4.11. The standard InChI is InChI=1S/C12H19NO/c1-9-5-4-6-11(10(9)2)12(3,14)7-8-13/h4-6,14H,7-8,13H2,1-3H3. The topological polar surface area (TPSA) is 46.2 Å². The summed E-state index contributed by atoms with van der Waals surface area (Å²) < 4.78 is 0. The van der Waals surface area contributed by atoms with E-state index in [2.05, 4.69) is 13.0 Å². The maximum Gasteiger partial charge on any atom is 0.0883 e. The van der Waals surface area contributed by atoms with Gasteiger partial charge in [-0.15, -0.1) is 0 Å². The van der Waals surface area contributed by atoms with E-state index in [-0.39, 0.29) is 0 Å². The third-order valence-corrected chi connectivity index (χ3v) is 2.82. The first-order valence-electron chi connectivity index (χ1n) is 4.98. The maximum atomic E-state index is 10.2. The van der Waals surface area contributed by atoms with Crippen molar-refractivity contribution in [2.24, 2.45) is 5.73 Å². The molecule has 0 aliphatic carbocycles. The average molecular weight is 193 g/mol. The molecule has 0 amide bonds. The first kappa shape index (κ1) is 11.2. The molecule has 0 aliphatic rings. The Hall–Kier alpha value is -0.860. The first-order chi connectivity index (χ1) is 6.49. The molecule has 0 saturated carbocycles. The Labute approximate surface area is 85.8 Å². The molecule has 14 heavy (non-hydrogen) atoms. The molecule has 0 fully saturated rings. The monoisotopic (exact) mass is 193 g/mol. The van der Waals surface area contributed by atoms with Crippen molar-refractivity contribution in [1.82, 2.24) is 0 Å². The number of rotatable bonds is 3. The van der Waals surface area contributed by atoms with Crippen LogP contribution in [0.25, 0.3) is 0 Å². The summed E-state index contributed by atoms with van der Waals surface area (Å²) in [7, 11) is 0. The summed E-state index contributed by atoms with van der Waals surface area (Å²) in [4.78, 5) is 0. The van der Waals surface area contributed by atoms with E-state index in [4.69, 9.17) is 5.73 Å². The second-order valence-electron chi connectivity index (χ2n) is 4.06. The summed E-state index contributed by atoms with van der Waals surface area (Å²) in [6.07, 6.45) is 0.595. The van der Waals surface area contributed by atoms with E-state index in [9.17, 15) is 5.11 Å². The van der Waals surface area contributed by atoms with Gasteiger partial charge in [0.15, 0.2) is 0 Å². The number of nitrogens with two attached hydrogens (primary N) is 1. The molecule has 3 N–H and O–H groups in total. The summed E-state index contributed by atoms with van der Waals surface area (Å²) in [6, 6.07) is 6.00. The molecule has 1 unspecified atom stereocenters. The third-order valence-electron chi connectivity index (χ3n) is 2.82. The summed E-state index contributed by atoms with van der Waals surface area (Å²) in [5, 5.41) is 10.2. The number of hydrogen-bond donors (Lipinski definition) is 2. The van der Waals surface area contributed by atoms with Gasteiger partial charge >= 0.3 is 0 Å². The minimum absolute atomic E-state index is 0.500. The van der Waals surface area contributed by atoms with Crippen LogP contribution in [0.4, 0.5) is 0 Å². The number of benzene rings is 1. The van der Waals surface area contributed by atoms with Crippen LogP contribution in [0.5, 0.6) is 0 Å². The lowest BCUT2D eigenvalue weighted by Gasteiger charge is -2.25. The van der Waals surface area contributed by atoms with E-state index in [0.29, 0.717) is 13.0 Å². The maximum absolute atomic E-state index is 10.2. The highest BCUT2D eigenvalue weighted by Crippen LogP contribution is 2.28. The van der Waals surface area contributed by atoms with Crippen LogP contribution < -0.4 is 5.73 Å². The van der Waals surface area contributed by atoms with Crippen molar-refractivity contribution in [1.29, 1.82) is 0 Å². The highest BCUT2D eigenvalue weighted by atomic mass is 16.3. The van der Waals surface area contributed by atoms with Gasteiger partial charge in [0.25, 0.3) is 0 Å². The predicted molar refractivity (Wildman–Crippen MR) is 59.2 cm³/mol. The highest BCUT2D eigenvalue weighted by molar-refractivity contribution is 5.36. The quantitative estimate of drug-likeness (QED) is 0.769. The zero-order valence-corrected chi connectivity index (χ0v) is 9.17. The van der Waals surface area contributed by atoms with Gasteiger partial charge < -0.3 is 10.8 Å². The van der Waals surface area contributed by atoms with Gasteiger partial charge in [-0.1, -0.05) is 18.2 Å². The van der Waals surface area contributed by atoms with E-state index in [1.165, 1.54) is 5.56 Å². The van der Waals surface area contributed by atoms with Crippen LogP contribution in [0.2, 0.25) is 0 Å². The summed E-state index contributed by atoms with van der Waals surface area (Å²) in [6.45, 7) is 6.41. The summed E-state index contributed by atoms with van der Waals surface area (Å²) in [5.41, 5.74) is 8.03. The van der Waals surface area contributed by atoms with Crippen LogP contribution in [0.15, 0.2) is 18.2 Å². The normalized spacial score (nSPS) is 15.2. The van der Waals surface area contributed by atoms with Crippen molar-refractivity contribution in [2.45, 2.75) is 32.8 Å². The molecular formula is C12H19NO. The smallest absolute Gasteiger partial charge is 0.0883 e. The van der Waals surface area contributed by atoms with Gasteiger partial charge in [0.1, 0.15) is 0 Å². The molecule has 2 nitrogen and oxygen atoms in total. The summed E-state index contributed by atoms with van der Waals surface area (Å²) >= 11 is 0. The van der Waals surface area contributed by atoms with E-state index in [1.54, 1.807) is 0 Å². The molecular weight excluding hydrogens is 174 g/mol. The van der Waals surface area contributed by atoms with Crippen LogP contribution in [-0.2, 0) is 5.60 Å². The Kier molecular flexibility index (Phi) is 3.29. The number of aryl methyl sites for hydroxylation is 1. The molecule has 0 bridgehead atoms. The lowest BCUT2D eigenvalue weighted by atomic mass is 9.87. The fourth-order valence-electron chi connectivity index (χ4n) is 1.75. The molecule has 1 aromatic rings. The summed E-state index contributed by atoms with van der Waals surface area (Å²) in [5.74, 6) is 0. The Morgan fingerprint density at radius 2 is 2.00 bits per heavy atom. The molecule has 0 aromatic heterocycles. The lowest BCUT2D eigenvalue weighted by Crippen LogP contribution is -2.26. The molecule has 1 atom stereocenters. The fraction of sp³-hybridized carbons (Fsp3) is 0.500. The molecule has 2 heteroatoms. The fourth-order valence-corrected chi connectivity index (χ4v) is 1.75. The average Bonchev–Trinajstić information content (AvgIpc) is 2.09. The van der Waals surface area contributed by atoms with Gasteiger partial charge in [-0.05, 0) is 50.4 Å². The van der Waals surface area contributed by atoms with E-state index < -0.39 is 5.60 Å². The lowest BCUT2D eigenvalue weighted by molar-refractivity contribution is 0.0497. The van der Waals surface area contributed by atoms with Gasteiger partial charge in [-0.3, -0.25) is 0 Å². The van der Waals surface area contributed by atoms with E-state index >= 15 is 0 Å². The molecule has 0 aliphatic heterocycles. The van der Waals surface area contributed by atoms with Crippen molar-refractivity contribution in [3.8, 4) is 0 Å². The predicted octanol–water partition coefficient (Wildman–Crippen LogP) is 1.86. The van der Waals surface area contributed by atoms with Crippen molar-refractivity contribution < 1.29 is 5.11 Å². The van der Waals surface area contributed by atoms with E-state index in [0.717, 1.165) is 11.1 Å². The van der Waals surface area contributed by atoms with Crippen LogP contribution >= 0.6 is 0 Å². The molecule has 1 aromatic carbocycles. The van der Waals surface area contributed by atoms with Crippen LogP contribution in [0.3, 0.4) is 0 Å². The van der Waals surface area contributed by atoms with Gasteiger partial charge in [-0.2, -0.15) is 0 Å². The Bertz CT molecular complexity index is 318. The number of hydrogen-bond acceptors (Lipinski definition) is 2. The third kappa shape index (κ3) is 2.14. The molecule has 1 rings (SSSR count). The molecule has 0 spiro atoms. The zero-order valence-electron chi connectivity index (χ0n) is 9.17. The van der Waals surface area contributed by atoms with Crippen molar-refractivity contribution in [3.05, 3.63) is 34.9 Å². The number of aliphatic hydroxyl groups is 1. The van der Waals surface area contributed by atoms with Gasteiger partial charge in [0.2, 0.25) is 0 Å². The van der Waals surface area contributed by atoms with Gasteiger partial charge in [0.05, 0.1) is 5.60 Å². The van der Waals surface area contributed by atoms with Crippen molar-refractivity contribution >= 4 is 0 Å².